The van der Waals surface area contributed by atoms with Crippen molar-refractivity contribution in [3.63, 3.8) is 0 Å². The van der Waals surface area contributed by atoms with Crippen LogP contribution in [0, 0.1) is 58.2 Å². The lowest BCUT2D eigenvalue weighted by Crippen LogP contribution is -2.52. The van der Waals surface area contributed by atoms with Crippen LogP contribution < -0.4 is 0 Å². The van der Waals surface area contributed by atoms with Gasteiger partial charge in [-0.2, -0.15) is 10.4 Å². The molecule has 4 saturated carbocycles. The third-order valence-corrected chi connectivity index (χ3v) is 10.5. The summed E-state index contributed by atoms with van der Waals surface area (Å²) in [6.45, 7) is 7.49. The van der Waals surface area contributed by atoms with Crippen LogP contribution in [0.1, 0.15) is 90.5 Å². The molecule has 0 amide bonds. The van der Waals surface area contributed by atoms with Crippen molar-refractivity contribution in [3.8, 4) is 6.07 Å². The van der Waals surface area contributed by atoms with E-state index in [2.05, 4.69) is 25.0 Å². The van der Waals surface area contributed by atoms with Crippen molar-refractivity contribution in [2.75, 3.05) is 0 Å². The zero-order chi connectivity index (χ0) is 21.8. The molecular formula is C27H41N3O. The second-order valence-electron chi connectivity index (χ2n) is 12.3. The van der Waals surface area contributed by atoms with E-state index in [-0.39, 0.29) is 5.41 Å². The Morgan fingerprint density at radius 1 is 1.16 bits per heavy atom. The second-order valence-corrected chi connectivity index (χ2v) is 12.3. The summed E-state index contributed by atoms with van der Waals surface area (Å²) in [6.07, 6.45) is 17.2. The molecule has 5 rings (SSSR count). The van der Waals surface area contributed by atoms with Gasteiger partial charge in [-0.1, -0.05) is 26.7 Å². The van der Waals surface area contributed by atoms with Gasteiger partial charge in [-0.15, -0.1) is 0 Å². The molecule has 4 fully saturated rings. The topological polar surface area (TPSA) is 61.8 Å². The van der Waals surface area contributed by atoms with Gasteiger partial charge in [-0.05, 0) is 105 Å². The normalized spacial score (nSPS) is 44.3. The molecular weight excluding hydrogens is 382 g/mol. The molecule has 0 spiro atoms. The fourth-order valence-electron chi connectivity index (χ4n) is 9.28. The lowest BCUT2D eigenvalue weighted by atomic mass is 9.50. The van der Waals surface area contributed by atoms with E-state index in [9.17, 15) is 5.11 Å². The monoisotopic (exact) mass is 423 g/mol. The standard InChI is InChI=1S/C27H41N3O/c1-18-5-4-6-21-20(13-18)7-8-23-22(21)11-12-26(2)24(23)9-10-25(26)27(3,31)17-30-16-19(14-28)15-29-30/h15-16,18,20-25,31H,4-13,17H2,1-3H3/t18-,20?,21-,22?,23+,24?,25-,26-,27-/m0/s1. The van der Waals surface area contributed by atoms with Crippen molar-refractivity contribution >= 4 is 0 Å². The molecule has 0 aliphatic heterocycles. The molecule has 9 atom stereocenters. The molecule has 4 nitrogen and oxygen atoms in total. The number of hydrogen-bond acceptors (Lipinski definition) is 3. The number of aromatic nitrogens is 2. The van der Waals surface area contributed by atoms with Crippen molar-refractivity contribution in [2.24, 2.45) is 46.8 Å². The van der Waals surface area contributed by atoms with Gasteiger partial charge in [0.15, 0.2) is 0 Å². The summed E-state index contributed by atoms with van der Waals surface area (Å²) >= 11 is 0. The predicted octanol–water partition coefficient (Wildman–Crippen LogP) is 5.80. The van der Waals surface area contributed by atoms with Crippen molar-refractivity contribution in [2.45, 2.75) is 97.1 Å². The Labute approximate surface area is 188 Å². The molecule has 1 aromatic heterocycles. The fraction of sp³-hybridized carbons (Fsp3) is 0.852. The predicted molar refractivity (Wildman–Crippen MR) is 122 cm³/mol. The SMILES string of the molecule is C[C@H]1CCC[C@H]2C(CC[C@@H]3C2CC[C@@]2(C)C3CC[C@@H]2[C@@](C)(O)Cn2cc(C#N)cn2)C1. The van der Waals surface area contributed by atoms with Crippen LogP contribution in [0.5, 0.6) is 0 Å². The van der Waals surface area contributed by atoms with Crippen LogP contribution in [0.2, 0.25) is 0 Å². The van der Waals surface area contributed by atoms with Gasteiger partial charge in [0.1, 0.15) is 6.07 Å². The van der Waals surface area contributed by atoms with E-state index in [1.165, 1.54) is 57.8 Å². The van der Waals surface area contributed by atoms with E-state index in [1.807, 2.05) is 6.92 Å². The molecule has 0 bridgehead atoms. The molecule has 4 aliphatic rings. The zero-order valence-electron chi connectivity index (χ0n) is 19.8. The highest BCUT2D eigenvalue weighted by atomic mass is 16.3. The van der Waals surface area contributed by atoms with Crippen LogP contribution in [-0.2, 0) is 6.54 Å². The molecule has 3 unspecified atom stereocenters. The van der Waals surface area contributed by atoms with Crippen molar-refractivity contribution in [1.29, 1.82) is 5.26 Å². The van der Waals surface area contributed by atoms with Crippen molar-refractivity contribution in [1.82, 2.24) is 9.78 Å². The van der Waals surface area contributed by atoms with Crippen LogP contribution in [0.25, 0.3) is 0 Å². The number of rotatable bonds is 3. The first-order valence-electron chi connectivity index (χ1n) is 13.0. The first-order chi connectivity index (χ1) is 14.8. The van der Waals surface area contributed by atoms with Crippen LogP contribution in [-0.4, -0.2) is 20.5 Å². The van der Waals surface area contributed by atoms with Crippen molar-refractivity contribution < 1.29 is 5.11 Å². The molecule has 0 aromatic carbocycles. The smallest absolute Gasteiger partial charge is 0.102 e. The molecule has 4 heteroatoms. The quantitative estimate of drug-likeness (QED) is 0.668. The Balaban J connectivity index is 1.34. The fourth-order valence-corrected chi connectivity index (χ4v) is 9.28. The summed E-state index contributed by atoms with van der Waals surface area (Å²) in [4.78, 5) is 0. The molecule has 4 aliphatic carbocycles. The lowest BCUT2D eigenvalue weighted by molar-refractivity contribution is -0.111. The van der Waals surface area contributed by atoms with Crippen molar-refractivity contribution in [3.05, 3.63) is 18.0 Å². The third-order valence-electron chi connectivity index (χ3n) is 10.5. The van der Waals surface area contributed by atoms with Gasteiger partial charge in [0.25, 0.3) is 0 Å². The van der Waals surface area contributed by atoms with Gasteiger partial charge in [0.2, 0.25) is 0 Å². The maximum Gasteiger partial charge on any atom is 0.102 e. The Morgan fingerprint density at radius 3 is 2.77 bits per heavy atom. The third kappa shape index (κ3) is 3.65. The summed E-state index contributed by atoms with van der Waals surface area (Å²) in [5.41, 5.74) is 0.0198. The Morgan fingerprint density at radius 2 is 2.00 bits per heavy atom. The van der Waals surface area contributed by atoms with Crippen LogP contribution in [0.4, 0.5) is 0 Å². The van der Waals surface area contributed by atoms with E-state index < -0.39 is 5.60 Å². The summed E-state index contributed by atoms with van der Waals surface area (Å²) in [7, 11) is 0. The molecule has 0 saturated heterocycles. The van der Waals surface area contributed by atoms with E-state index >= 15 is 0 Å². The zero-order valence-corrected chi connectivity index (χ0v) is 19.8. The minimum Gasteiger partial charge on any atom is -0.388 e. The van der Waals surface area contributed by atoms with Crippen LogP contribution >= 0.6 is 0 Å². The second kappa shape index (κ2) is 7.91. The minimum absolute atomic E-state index is 0.237. The van der Waals surface area contributed by atoms with E-state index in [4.69, 9.17) is 5.26 Å². The van der Waals surface area contributed by atoms with E-state index in [0.717, 1.165) is 41.9 Å². The van der Waals surface area contributed by atoms with Gasteiger partial charge in [-0.25, -0.2) is 0 Å². The lowest BCUT2D eigenvalue weighted by Gasteiger charge is -2.56. The summed E-state index contributed by atoms with van der Waals surface area (Å²) in [6, 6.07) is 2.15. The van der Waals surface area contributed by atoms with Gasteiger partial charge in [0, 0.05) is 6.20 Å². The van der Waals surface area contributed by atoms with Gasteiger partial charge in [-0.3, -0.25) is 4.68 Å². The molecule has 1 aromatic rings. The number of fused-ring (bicyclic) bond motifs is 5. The first kappa shape index (κ1) is 21.5. The Kier molecular flexibility index (Phi) is 5.48. The number of hydrogen-bond donors (Lipinski definition) is 1. The average molecular weight is 424 g/mol. The maximum atomic E-state index is 11.7. The molecule has 1 heterocycles. The van der Waals surface area contributed by atoms with Crippen LogP contribution in [0.15, 0.2) is 12.4 Å². The van der Waals surface area contributed by atoms with E-state index in [1.54, 1.807) is 17.1 Å². The number of nitrogens with zero attached hydrogens (tertiary/aromatic N) is 3. The number of aliphatic hydroxyl groups is 1. The molecule has 0 radical (unpaired) electrons. The van der Waals surface area contributed by atoms with Gasteiger partial charge >= 0.3 is 0 Å². The molecule has 170 valence electrons. The Hall–Kier alpha value is -1.34. The van der Waals surface area contributed by atoms with Crippen LogP contribution in [0.3, 0.4) is 0 Å². The van der Waals surface area contributed by atoms with E-state index in [0.29, 0.717) is 18.0 Å². The van der Waals surface area contributed by atoms with Gasteiger partial charge < -0.3 is 5.11 Å². The Bertz CT molecular complexity index is 838. The maximum absolute atomic E-state index is 11.7. The molecule has 31 heavy (non-hydrogen) atoms. The summed E-state index contributed by atoms with van der Waals surface area (Å²) in [5, 5.41) is 25.1. The summed E-state index contributed by atoms with van der Waals surface area (Å²) in [5.74, 6) is 5.79. The highest BCUT2D eigenvalue weighted by Crippen LogP contribution is 2.65. The van der Waals surface area contributed by atoms with Gasteiger partial charge in [0.05, 0.1) is 23.9 Å². The molecule has 1 N–H and O–H groups in total. The summed E-state index contributed by atoms with van der Waals surface area (Å²) < 4.78 is 1.78. The highest BCUT2D eigenvalue weighted by Gasteiger charge is 2.60. The largest absolute Gasteiger partial charge is 0.388 e. The first-order valence-corrected chi connectivity index (χ1v) is 13.0. The minimum atomic E-state index is -0.788. The average Bonchev–Trinajstić information content (AvgIpc) is 3.26. The number of nitriles is 1. The highest BCUT2D eigenvalue weighted by molar-refractivity contribution is 5.21.